The Morgan fingerprint density at radius 3 is 2.60 bits per heavy atom. The van der Waals surface area contributed by atoms with Gasteiger partial charge in [-0.3, -0.25) is 9.59 Å². The molecule has 3 aromatic rings. The van der Waals surface area contributed by atoms with E-state index in [0.29, 0.717) is 17.0 Å². The minimum absolute atomic E-state index is 0.0808. The van der Waals surface area contributed by atoms with E-state index in [4.69, 9.17) is 0 Å². The number of hydrogen-bond acceptors (Lipinski definition) is 6. The number of amides is 2. The molecule has 0 atom stereocenters. The standard InChI is InChI=1S/C16H12FN5O2S/c1-18-15(23)10-6-9(2-3-11(10)17)12-4-5-14(22-21-12)20-16(24)13-7-25-8-19-13/h2-8H,1H3,(H,18,23)(H,20,22,24). The van der Waals surface area contributed by atoms with E-state index >= 15 is 0 Å². The van der Waals surface area contributed by atoms with Crippen LogP contribution in [0, 0.1) is 5.82 Å². The molecular weight excluding hydrogens is 345 g/mol. The fourth-order valence-electron chi connectivity index (χ4n) is 2.05. The Bertz CT molecular complexity index is 913. The molecule has 126 valence electrons. The maximum atomic E-state index is 13.7. The first kappa shape index (κ1) is 16.7. The third kappa shape index (κ3) is 3.66. The van der Waals surface area contributed by atoms with Gasteiger partial charge in [-0.1, -0.05) is 0 Å². The third-order valence-electron chi connectivity index (χ3n) is 3.30. The topological polar surface area (TPSA) is 96.9 Å². The van der Waals surface area contributed by atoms with Gasteiger partial charge in [-0.05, 0) is 30.3 Å². The summed E-state index contributed by atoms with van der Waals surface area (Å²) in [6, 6.07) is 7.27. The molecule has 0 unspecified atom stereocenters. The van der Waals surface area contributed by atoms with E-state index in [2.05, 4.69) is 25.8 Å². The van der Waals surface area contributed by atoms with Gasteiger partial charge in [0, 0.05) is 18.0 Å². The van der Waals surface area contributed by atoms with Crippen molar-refractivity contribution in [2.45, 2.75) is 0 Å². The Hall–Kier alpha value is -3.20. The van der Waals surface area contributed by atoms with Crippen molar-refractivity contribution in [3.8, 4) is 11.3 Å². The highest BCUT2D eigenvalue weighted by Crippen LogP contribution is 2.21. The van der Waals surface area contributed by atoms with E-state index in [0.717, 1.165) is 0 Å². The van der Waals surface area contributed by atoms with Crippen LogP contribution in [0.15, 0.2) is 41.2 Å². The second-order valence-electron chi connectivity index (χ2n) is 4.91. The van der Waals surface area contributed by atoms with Crippen molar-refractivity contribution >= 4 is 29.0 Å². The van der Waals surface area contributed by atoms with Crippen molar-refractivity contribution in [2.24, 2.45) is 0 Å². The SMILES string of the molecule is CNC(=O)c1cc(-c2ccc(NC(=O)c3cscn3)nn2)ccc1F. The largest absolute Gasteiger partial charge is 0.355 e. The Morgan fingerprint density at radius 2 is 1.96 bits per heavy atom. The van der Waals surface area contributed by atoms with Crippen LogP contribution in [0.2, 0.25) is 0 Å². The molecule has 0 fully saturated rings. The molecule has 0 aliphatic heterocycles. The molecule has 2 aromatic heterocycles. The van der Waals surface area contributed by atoms with E-state index < -0.39 is 11.7 Å². The highest BCUT2D eigenvalue weighted by atomic mass is 32.1. The Kier molecular flexibility index (Phi) is 4.75. The molecule has 0 aliphatic carbocycles. The van der Waals surface area contributed by atoms with Gasteiger partial charge >= 0.3 is 0 Å². The third-order valence-corrected chi connectivity index (χ3v) is 3.89. The first-order valence-electron chi connectivity index (χ1n) is 7.14. The van der Waals surface area contributed by atoms with E-state index in [1.165, 1.54) is 36.6 Å². The summed E-state index contributed by atoms with van der Waals surface area (Å²) < 4.78 is 13.7. The van der Waals surface area contributed by atoms with Crippen LogP contribution in [0.5, 0.6) is 0 Å². The molecule has 2 amide bonds. The van der Waals surface area contributed by atoms with Crippen molar-refractivity contribution in [1.29, 1.82) is 0 Å². The lowest BCUT2D eigenvalue weighted by atomic mass is 10.1. The average molecular weight is 357 g/mol. The molecule has 0 saturated heterocycles. The molecule has 1 aromatic carbocycles. The van der Waals surface area contributed by atoms with Gasteiger partial charge < -0.3 is 10.6 Å². The second kappa shape index (κ2) is 7.14. The predicted molar refractivity (Wildman–Crippen MR) is 90.9 cm³/mol. The van der Waals surface area contributed by atoms with Crippen LogP contribution in [0.25, 0.3) is 11.3 Å². The number of thiazole rings is 1. The van der Waals surface area contributed by atoms with Crippen molar-refractivity contribution in [2.75, 3.05) is 12.4 Å². The highest BCUT2D eigenvalue weighted by Gasteiger charge is 2.13. The number of hydrogen-bond donors (Lipinski definition) is 2. The van der Waals surface area contributed by atoms with Crippen LogP contribution in [0.1, 0.15) is 20.8 Å². The minimum Gasteiger partial charge on any atom is -0.355 e. The number of halogens is 1. The van der Waals surface area contributed by atoms with Crippen LogP contribution in [0.4, 0.5) is 10.2 Å². The summed E-state index contributed by atoms with van der Waals surface area (Å²) >= 11 is 1.31. The minimum atomic E-state index is -0.622. The predicted octanol–water partition coefficient (Wildman–Crippen LogP) is 2.35. The average Bonchev–Trinajstić information content (AvgIpc) is 3.17. The number of carbonyl (C=O) groups excluding carboxylic acids is 2. The molecule has 7 nitrogen and oxygen atoms in total. The van der Waals surface area contributed by atoms with E-state index in [-0.39, 0.29) is 17.3 Å². The summed E-state index contributed by atoms with van der Waals surface area (Å²) in [6.45, 7) is 0. The molecular formula is C16H12FN5O2S. The molecule has 0 radical (unpaired) electrons. The molecule has 2 heterocycles. The first-order valence-corrected chi connectivity index (χ1v) is 8.08. The summed E-state index contributed by atoms with van der Waals surface area (Å²) in [5.74, 6) is -1.27. The normalized spacial score (nSPS) is 10.3. The van der Waals surface area contributed by atoms with Gasteiger partial charge in [0.2, 0.25) is 0 Å². The molecule has 0 aliphatic rings. The molecule has 2 N–H and O–H groups in total. The van der Waals surface area contributed by atoms with Crippen molar-refractivity contribution < 1.29 is 14.0 Å². The Labute approximate surface area is 145 Å². The van der Waals surface area contributed by atoms with E-state index in [9.17, 15) is 14.0 Å². The fourth-order valence-corrected chi connectivity index (χ4v) is 2.58. The van der Waals surface area contributed by atoms with Gasteiger partial charge in [-0.2, -0.15) is 0 Å². The number of benzene rings is 1. The summed E-state index contributed by atoms with van der Waals surface area (Å²) in [6.07, 6.45) is 0. The van der Waals surface area contributed by atoms with Gasteiger partial charge in [0.15, 0.2) is 5.82 Å². The van der Waals surface area contributed by atoms with Gasteiger partial charge in [0.1, 0.15) is 11.5 Å². The Balaban J connectivity index is 1.81. The number of rotatable bonds is 4. The van der Waals surface area contributed by atoms with Gasteiger partial charge in [0.05, 0.1) is 16.8 Å². The van der Waals surface area contributed by atoms with Crippen LogP contribution in [0.3, 0.4) is 0 Å². The van der Waals surface area contributed by atoms with Crippen LogP contribution in [-0.4, -0.2) is 34.0 Å². The molecule has 9 heteroatoms. The van der Waals surface area contributed by atoms with Gasteiger partial charge in [-0.25, -0.2) is 9.37 Å². The summed E-state index contributed by atoms with van der Waals surface area (Å²) in [5, 5.41) is 14.5. The number of aromatic nitrogens is 3. The van der Waals surface area contributed by atoms with Gasteiger partial charge in [0.25, 0.3) is 11.8 Å². The maximum Gasteiger partial charge on any atom is 0.276 e. The maximum absolute atomic E-state index is 13.7. The van der Waals surface area contributed by atoms with E-state index in [1.54, 1.807) is 23.0 Å². The summed E-state index contributed by atoms with van der Waals surface area (Å²) in [5.41, 5.74) is 2.75. The quantitative estimate of drug-likeness (QED) is 0.747. The van der Waals surface area contributed by atoms with Crippen LogP contribution >= 0.6 is 11.3 Å². The van der Waals surface area contributed by atoms with Crippen LogP contribution < -0.4 is 10.6 Å². The zero-order valence-corrected chi connectivity index (χ0v) is 13.8. The smallest absolute Gasteiger partial charge is 0.276 e. The number of nitrogens with one attached hydrogen (secondary N) is 2. The van der Waals surface area contributed by atoms with Crippen molar-refractivity contribution in [3.05, 3.63) is 58.3 Å². The lowest BCUT2D eigenvalue weighted by molar-refractivity contribution is 0.0958. The van der Waals surface area contributed by atoms with Crippen LogP contribution in [-0.2, 0) is 0 Å². The fraction of sp³-hybridized carbons (Fsp3) is 0.0625. The second-order valence-corrected chi connectivity index (χ2v) is 5.62. The van der Waals surface area contributed by atoms with Crippen molar-refractivity contribution in [1.82, 2.24) is 20.5 Å². The lowest BCUT2D eigenvalue weighted by Gasteiger charge is -2.06. The molecule has 3 rings (SSSR count). The summed E-state index contributed by atoms with van der Waals surface area (Å²) in [4.78, 5) is 27.5. The summed E-state index contributed by atoms with van der Waals surface area (Å²) in [7, 11) is 1.42. The monoisotopic (exact) mass is 357 g/mol. The lowest BCUT2D eigenvalue weighted by Crippen LogP contribution is -2.19. The van der Waals surface area contributed by atoms with Crippen molar-refractivity contribution in [3.63, 3.8) is 0 Å². The molecule has 0 bridgehead atoms. The Morgan fingerprint density at radius 1 is 1.12 bits per heavy atom. The van der Waals surface area contributed by atoms with E-state index in [1.807, 2.05) is 0 Å². The number of anilines is 1. The zero-order chi connectivity index (χ0) is 17.8. The highest BCUT2D eigenvalue weighted by molar-refractivity contribution is 7.07. The first-order chi connectivity index (χ1) is 12.1. The van der Waals surface area contributed by atoms with Gasteiger partial charge in [-0.15, -0.1) is 21.5 Å². The zero-order valence-electron chi connectivity index (χ0n) is 13.0. The number of nitrogens with zero attached hydrogens (tertiary/aromatic N) is 3. The molecule has 25 heavy (non-hydrogen) atoms. The number of carbonyl (C=O) groups is 2. The molecule has 0 saturated carbocycles. The molecule has 0 spiro atoms.